The first-order chi connectivity index (χ1) is 12.3. The Hall–Kier alpha value is -1.02. The van der Waals surface area contributed by atoms with Gasteiger partial charge in [0.05, 0.1) is 6.61 Å². The number of likely N-dealkylation sites (tertiary alicyclic amines) is 1. The molecule has 5 nitrogen and oxygen atoms in total. The Labute approximate surface area is 170 Å². The third-order valence-corrected chi connectivity index (χ3v) is 5.06. The van der Waals surface area contributed by atoms with E-state index in [4.69, 9.17) is 9.47 Å². The fourth-order valence-electron chi connectivity index (χ4n) is 2.97. The molecule has 0 atom stereocenters. The summed E-state index contributed by atoms with van der Waals surface area (Å²) in [6.07, 6.45) is 2.96. The normalized spacial score (nSPS) is 16.3. The van der Waals surface area contributed by atoms with Crippen LogP contribution in [0.15, 0.2) is 24.3 Å². The van der Waals surface area contributed by atoms with E-state index in [0.29, 0.717) is 12.5 Å². The van der Waals surface area contributed by atoms with Gasteiger partial charge in [-0.1, -0.05) is 0 Å². The lowest BCUT2D eigenvalue weighted by Crippen LogP contribution is -2.40. The molecule has 2 rings (SSSR count). The summed E-state index contributed by atoms with van der Waals surface area (Å²) in [5.74, 6) is 1.49. The number of ether oxygens (including phenoxy) is 2. The van der Waals surface area contributed by atoms with E-state index in [1.54, 1.807) is 0 Å². The van der Waals surface area contributed by atoms with Crippen LogP contribution in [0.3, 0.4) is 0 Å². The van der Waals surface area contributed by atoms with Crippen LogP contribution in [0.4, 0.5) is 4.79 Å². The van der Waals surface area contributed by atoms with Crippen molar-refractivity contribution in [1.29, 1.82) is 0 Å². The van der Waals surface area contributed by atoms with Gasteiger partial charge in [0, 0.05) is 16.7 Å². The van der Waals surface area contributed by atoms with Crippen molar-refractivity contribution in [3.05, 3.63) is 27.8 Å². The molecule has 0 aliphatic carbocycles. The van der Waals surface area contributed by atoms with Gasteiger partial charge >= 0.3 is 6.09 Å². The number of amides is 1. The topological polar surface area (TPSA) is 50.8 Å². The summed E-state index contributed by atoms with van der Waals surface area (Å²) < 4.78 is 12.3. The van der Waals surface area contributed by atoms with Gasteiger partial charge in [-0.25, -0.2) is 4.79 Å². The molecule has 1 aliphatic rings. The van der Waals surface area contributed by atoms with E-state index < -0.39 is 5.60 Å². The Bertz CT molecular complexity index is 549. The third-order valence-electron chi connectivity index (χ3n) is 4.34. The van der Waals surface area contributed by atoms with Gasteiger partial charge < -0.3 is 19.7 Å². The maximum Gasteiger partial charge on any atom is 0.407 e. The van der Waals surface area contributed by atoms with Crippen molar-refractivity contribution in [3.8, 4) is 5.75 Å². The van der Waals surface area contributed by atoms with Gasteiger partial charge in [-0.15, -0.1) is 0 Å². The van der Waals surface area contributed by atoms with Crippen molar-refractivity contribution in [1.82, 2.24) is 10.2 Å². The van der Waals surface area contributed by atoms with Crippen LogP contribution in [-0.4, -0.2) is 49.4 Å². The second-order valence-corrected chi connectivity index (χ2v) is 9.07. The molecule has 0 radical (unpaired) electrons. The zero-order valence-electron chi connectivity index (χ0n) is 16.1. The number of nitrogens with zero attached hydrogens (tertiary/aromatic N) is 1. The van der Waals surface area contributed by atoms with Gasteiger partial charge in [0.15, 0.2) is 0 Å². The summed E-state index contributed by atoms with van der Waals surface area (Å²) in [6, 6.07) is 8.16. The quantitative estimate of drug-likeness (QED) is 0.473. The summed E-state index contributed by atoms with van der Waals surface area (Å²) in [5.41, 5.74) is -0.437. The number of benzene rings is 1. The Morgan fingerprint density at radius 3 is 2.50 bits per heavy atom. The Balaban J connectivity index is 1.54. The standard InChI is InChI=1S/C20H31IN2O3/c1-20(2,3)26-19(24)22-15-16-9-12-23(13-10-16)11-4-14-25-18-7-5-17(21)6-8-18/h5-8,16H,4,9-15H2,1-3H3,(H,22,24). The first-order valence-corrected chi connectivity index (χ1v) is 10.5. The highest BCUT2D eigenvalue weighted by molar-refractivity contribution is 14.1. The molecule has 0 saturated carbocycles. The van der Waals surface area contributed by atoms with E-state index in [0.717, 1.165) is 51.3 Å². The number of piperidine rings is 1. The molecule has 1 fully saturated rings. The average molecular weight is 474 g/mol. The zero-order valence-corrected chi connectivity index (χ0v) is 18.3. The van der Waals surface area contributed by atoms with Crippen molar-refractivity contribution >= 4 is 28.7 Å². The van der Waals surface area contributed by atoms with E-state index in [1.807, 2.05) is 32.9 Å². The lowest BCUT2D eigenvalue weighted by atomic mass is 9.97. The molecule has 1 N–H and O–H groups in total. The molecular formula is C20H31IN2O3. The highest BCUT2D eigenvalue weighted by atomic mass is 127. The fourth-order valence-corrected chi connectivity index (χ4v) is 3.32. The van der Waals surface area contributed by atoms with Crippen LogP contribution in [0, 0.1) is 9.49 Å². The number of nitrogens with one attached hydrogen (secondary N) is 1. The molecule has 1 aliphatic heterocycles. The van der Waals surface area contributed by atoms with Crippen LogP contribution >= 0.6 is 22.6 Å². The van der Waals surface area contributed by atoms with Gasteiger partial charge in [0.25, 0.3) is 0 Å². The molecule has 1 aromatic rings. The summed E-state index contributed by atoms with van der Waals surface area (Å²) >= 11 is 2.29. The molecule has 1 heterocycles. The van der Waals surface area contributed by atoms with Crippen molar-refractivity contribution < 1.29 is 14.3 Å². The Morgan fingerprint density at radius 2 is 1.88 bits per heavy atom. The van der Waals surface area contributed by atoms with E-state index in [1.165, 1.54) is 3.57 Å². The molecule has 0 bridgehead atoms. The number of halogens is 1. The molecular weight excluding hydrogens is 443 g/mol. The molecule has 0 aromatic heterocycles. The van der Waals surface area contributed by atoms with E-state index in [2.05, 4.69) is 44.9 Å². The first-order valence-electron chi connectivity index (χ1n) is 9.39. The number of hydrogen-bond donors (Lipinski definition) is 1. The zero-order chi connectivity index (χ0) is 19.0. The summed E-state index contributed by atoms with van der Waals surface area (Å²) in [4.78, 5) is 14.2. The first kappa shape index (κ1) is 21.3. The van der Waals surface area contributed by atoms with Gasteiger partial charge in [-0.2, -0.15) is 0 Å². The van der Waals surface area contributed by atoms with Crippen LogP contribution in [-0.2, 0) is 4.74 Å². The van der Waals surface area contributed by atoms with Crippen LogP contribution < -0.4 is 10.1 Å². The van der Waals surface area contributed by atoms with Crippen LogP contribution in [0.2, 0.25) is 0 Å². The second kappa shape index (κ2) is 10.3. The summed E-state index contributed by atoms with van der Waals surface area (Å²) in [5, 5.41) is 2.90. The SMILES string of the molecule is CC(C)(C)OC(=O)NCC1CCN(CCCOc2ccc(I)cc2)CC1. The number of rotatable bonds is 7. The maximum absolute atomic E-state index is 11.7. The van der Waals surface area contributed by atoms with Crippen LogP contribution in [0.25, 0.3) is 0 Å². The fraction of sp³-hybridized carbons (Fsp3) is 0.650. The largest absolute Gasteiger partial charge is 0.494 e. The molecule has 1 aromatic carbocycles. The second-order valence-electron chi connectivity index (χ2n) is 7.82. The minimum atomic E-state index is -0.437. The lowest BCUT2D eigenvalue weighted by Gasteiger charge is -2.32. The molecule has 0 spiro atoms. The van der Waals surface area contributed by atoms with Crippen molar-refractivity contribution in [2.24, 2.45) is 5.92 Å². The summed E-state index contributed by atoms with van der Waals surface area (Å²) in [6.45, 7) is 10.3. The van der Waals surface area contributed by atoms with E-state index >= 15 is 0 Å². The predicted molar refractivity (Wildman–Crippen MR) is 113 cm³/mol. The number of alkyl carbamates (subject to hydrolysis) is 1. The smallest absolute Gasteiger partial charge is 0.407 e. The maximum atomic E-state index is 11.7. The molecule has 1 saturated heterocycles. The van der Waals surface area contributed by atoms with E-state index in [9.17, 15) is 4.79 Å². The van der Waals surface area contributed by atoms with Gasteiger partial charge in [-0.05, 0) is 106 Å². The van der Waals surface area contributed by atoms with Crippen molar-refractivity contribution in [2.45, 2.75) is 45.6 Å². The third kappa shape index (κ3) is 8.58. The average Bonchev–Trinajstić information content (AvgIpc) is 2.58. The number of hydrogen-bond acceptors (Lipinski definition) is 4. The monoisotopic (exact) mass is 474 g/mol. The van der Waals surface area contributed by atoms with E-state index in [-0.39, 0.29) is 6.09 Å². The van der Waals surface area contributed by atoms with Crippen molar-refractivity contribution in [2.75, 3.05) is 32.8 Å². The minimum Gasteiger partial charge on any atom is -0.494 e. The number of carbonyl (C=O) groups is 1. The molecule has 0 unspecified atom stereocenters. The molecule has 146 valence electrons. The van der Waals surface area contributed by atoms with Crippen LogP contribution in [0.1, 0.15) is 40.0 Å². The van der Waals surface area contributed by atoms with Gasteiger partial charge in [0.2, 0.25) is 0 Å². The minimum absolute atomic E-state index is 0.312. The number of carbonyl (C=O) groups excluding carboxylic acids is 1. The highest BCUT2D eigenvalue weighted by Gasteiger charge is 2.21. The van der Waals surface area contributed by atoms with Crippen molar-refractivity contribution in [3.63, 3.8) is 0 Å². The molecule has 6 heteroatoms. The molecule has 26 heavy (non-hydrogen) atoms. The Morgan fingerprint density at radius 1 is 1.23 bits per heavy atom. The van der Waals surface area contributed by atoms with Gasteiger partial charge in [-0.3, -0.25) is 0 Å². The lowest BCUT2D eigenvalue weighted by molar-refractivity contribution is 0.0509. The Kier molecular flexibility index (Phi) is 8.47. The van der Waals surface area contributed by atoms with Crippen LogP contribution in [0.5, 0.6) is 5.75 Å². The van der Waals surface area contributed by atoms with Gasteiger partial charge in [0.1, 0.15) is 11.4 Å². The predicted octanol–water partition coefficient (Wildman–Crippen LogP) is 4.30. The highest BCUT2D eigenvalue weighted by Crippen LogP contribution is 2.17. The summed E-state index contributed by atoms with van der Waals surface area (Å²) in [7, 11) is 0. The molecule has 1 amide bonds.